The number of aromatic nitrogens is 2. The van der Waals surface area contributed by atoms with Crippen LogP contribution >= 0.6 is 0 Å². The van der Waals surface area contributed by atoms with Crippen LogP contribution in [0.1, 0.15) is 16.8 Å². The van der Waals surface area contributed by atoms with Crippen LogP contribution in [-0.2, 0) is 0 Å². The maximum Gasteiger partial charge on any atom is 0.392 e. The number of hydrogen-bond donors (Lipinski definition) is 0. The Kier molecular flexibility index (Phi) is 2.97. The quantitative estimate of drug-likeness (QED) is 0.407. The Hall–Kier alpha value is -3.54. The summed E-state index contributed by atoms with van der Waals surface area (Å²) in [5.41, 5.74) is 1.24. The van der Waals surface area contributed by atoms with Gasteiger partial charge in [0, 0.05) is 22.0 Å². The Morgan fingerprint density at radius 1 is 1.22 bits per heavy atom. The van der Waals surface area contributed by atoms with Gasteiger partial charge in [-0.2, -0.15) is 5.26 Å². The van der Waals surface area contributed by atoms with Crippen LogP contribution in [-0.4, -0.2) is 14.4 Å². The number of non-ortho nitro benzene ring substituents is 1. The van der Waals surface area contributed by atoms with Crippen molar-refractivity contribution in [1.29, 1.82) is 5.26 Å². The second-order valence-corrected chi connectivity index (χ2v) is 5.08. The molecule has 0 saturated carbocycles. The smallest absolute Gasteiger partial charge is 0.358 e. The number of fused-ring (bicyclic) bond motifs is 3. The molecule has 0 amide bonds. The number of benzene rings is 1. The van der Waals surface area contributed by atoms with Crippen LogP contribution in [0.4, 0.5) is 11.5 Å². The lowest BCUT2D eigenvalue weighted by molar-refractivity contribution is -0.598. The molecule has 23 heavy (non-hydrogen) atoms. The van der Waals surface area contributed by atoms with Crippen molar-refractivity contribution in [2.24, 2.45) is 0 Å². The van der Waals surface area contributed by atoms with Gasteiger partial charge in [-0.1, -0.05) is 0 Å². The van der Waals surface area contributed by atoms with Gasteiger partial charge in [-0.15, -0.1) is 0 Å². The van der Waals surface area contributed by atoms with E-state index < -0.39 is 9.85 Å². The van der Waals surface area contributed by atoms with E-state index in [4.69, 9.17) is 0 Å². The molecule has 1 aromatic carbocycles. The van der Waals surface area contributed by atoms with E-state index in [-0.39, 0.29) is 17.1 Å². The topological polar surface area (TPSA) is 119 Å². The molecule has 0 atom stereocenters. The molecule has 2 heterocycles. The molecule has 0 fully saturated rings. The third-order valence-corrected chi connectivity index (χ3v) is 3.76. The first-order valence-electron chi connectivity index (χ1n) is 6.56. The molecule has 9 heteroatoms. The summed E-state index contributed by atoms with van der Waals surface area (Å²) in [6, 6.07) is 6.13. The van der Waals surface area contributed by atoms with E-state index >= 15 is 0 Å². The second-order valence-electron chi connectivity index (χ2n) is 5.08. The predicted molar refractivity (Wildman–Crippen MR) is 78.1 cm³/mol. The van der Waals surface area contributed by atoms with Gasteiger partial charge in [0.15, 0.2) is 5.69 Å². The Labute approximate surface area is 128 Å². The van der Waals surface area contributed by atoms with Crippen LogP contribution in [0.25, 0.3) is 10.9 Å². The first-order valence-corrected chi connectivity index (χ1v) is 6.56. The first kappa shape index (κ1) is 14.4. The fraction of sp³-hybridized carbons (Fsp3) is 0.143. The van der Waals surface area contributed by atoms with Gasteiger partial charge in [-0.05, 0) is 17.9 Å². The highest BCUT2D eigenvalue weighted by Gasteiger charge is 2.32. The van der Waals surface area contributed by atoms with Gasteiger partial charge in [0.1, 0.15) is 17.2 Å². The van der Waals surface area contributed by atoms with Crippen molar-refractivity contribution in [2.75, 3.05) is 0 Å². The molecule has 3 rings (SSSR count). The third-order valence-electron chi connectivity index (χ3n) is 3.76. The zero-order chi connectivity index (χ0) is 16.9. The molecule has 0 spiro atoms. The molecule has 0 aliphatic carbocycles. The monoisotopic (exact) mass is 312 g/mol. The average Bonchev–Trinajstić information content (AvgIpc) is 2.85. The van der Waals surface area contributed by atoms with Gasteiger partial charge in [0.25, 0.3) is 11.2 Å². The summed E-state index contributed by atoms with van der Waals surface area (Å²) in [5, 5.41) is 32.3. The number of nitriles is 1. The van der Waals surface area contributed by atoms with Crippen molar-refractivity contribution >= 4 is 22.4 Å². The van der Waals surface area contributed by atoms with E-state index in [1.807, 2.05) is 6.07 Å². The highest BCUT2D eigenvalue weighted by atomic mass is 16.6. The number of aryl methyl sites for hydroxylation is 2. The van der Waals surface area contributed by atoms with Crippen LogP contribution < -0.4 is 4.52 Å². The molecule has 9 nitrogen and oxygen atoms in total. The normalized spacial score (nSPS) is 10.8. The van der Waals surface area contributed by atoms with E-state index in [9.17, 15) is 25.5 Å². The van der Waals surface area contributed by atoms with Crippen LogP contribution in [0, 0.1) is 45.4 Å². The van der Waals surface area contributed by atoms with E-state index in [0.29, 0.717) is 22.2 Å². The molecule has 0 aliphatic heterocycles. The Morgan fingerprint density at radius 2 is 1.91 bits per heavy atom. The molecule has 0 unspecified atom stereocenters. The van der Waals surface area contributed by atoms with Crippen LogP contribution in [0.5, 0.6) is 0 Å². The summed E-state index contributed by atoms with van der Waals surface area (Å²) in [7, 11) is 0. The molecule has 0 N–H and O–H groups in total. The van der Waals surface area contributed by atoms with Gasteiger partial charge in [-0.25, -0.2) is 0 Å². The van der Waals surface area contributed by atoms with Crippen molar-refractivity contribution in [3.63, 3.8) is 0 Å². The van der Waals surface area contributed by atoms with E-state index in [0.717, 1.165) is 0 Å². The zero-order valence-corrected chi connectivity index (χ0v) is 12.2. The molecular formula is C14H10N5O4+. The second kappa shape index (κ2) is 4.74. The molecule has 3 aromatic rings. The van der Waals surface area contributed by atoms with Crippen molar-refractivity contribution in [1.82, 2.24) is 4.52 Å². The summed E-state index contributed by atoms with van der Waals surface area (Å²) in [6.07, 6.45) is 1.53. The predicted octanol–water partition coefficient (Wildman–Crippen LogP) is 1.98. The maximum atomic E-state index is 11.3. The molecule has 2 aromatic heterocycles. The maximum absolute atomic E-state index is 11.3. The largest absolute Gasteiger partial charge is 0.392 e. The molecular weight excluding hydrogens is 302 g/mol. The van der Waals surface area contributed by atoms with E-state index in [1.165, 1.54) is 33.4 Å². The number of nitro groups is 2. The summed E-state index contributed by atoms with van der Waals surface area (Å²) in [6.45, 7) is 3.18. The zero-order valence-electron chi connectivity index (χ0n) is 12.2. The van der Waals surface area contributed by atoms with Gasteiger partial charge in [-0.3, -0.25) is 10.1 Å². The van der Waals surface area contributed by atoms with Crippen LogP contribution in [0.2, 0.25) is 0 Å². The fourth-order valence-electron chi connectivity index (χ4n) is 2.76. The van der Waals surface area contributed by atoms with Crippen molar-refractivity contribution in [3.05, 3.63) is 61.4 Å². The molecule has 114 valence electrons. The van der Waals surface area contributed by atoms with Crippen molar-refractivity contribution in [3.8, 4) is 6.07 Å². The Morgan fingerprint density at radius 3 is 2.48 bits per heavy atom. The standard InChI is InChI=1S/C14H10N5O4/c1-8-7-16-13-5-10(18(20)21)3-4-11(13)12(6-15)9(2)17(16)14(8)19(22)23/h3-5,7H,1-2H3/q+1. The summed E-state index contributed by atoms with van der Waals surface area (Å²) < 4.78 is 2.76. The fourth-order valence-corrected chi connectivity index (χ4v) is 2.76. The number of nitrogens with zero attached hydrogens (tertiary/aromatic N) is 5. The number of hydrogen-bond acceptors (Lipinski definition) is 5. The van der Waals surface area contributed by atoms with E-state index in [2.05, 4.69) is 0 Å². The van der Waals surface area contributed by atoms with Crippen molar-refractivity contribution in [2.45, 2.75) is 13.8 Å². The minimum absolute atomic E-state index is 0.152. The number of nitro benzene ring substituents is 1. The Bertz CT molecular complexity index is 1060. The highest BCUT2D eigenvalue weighted by Crippen LogP contribution is 2.26. The molecule has 0 bridgehead atoms. The van der Waals surface area contributed by atoms with Gasteiger partial charge in [0.2, 0.25) is 6.20 Å². The average molecular weight is 312 g/mol. The minimum atomic E-state index is -0.549. The lowest BCUT2D eigenvalue weighted by atomic mass is 10.1. The number of rotatable bonds is 2. The minimum Gasteiger partial charge on any atom is -0.358 e. The summed E-state index contributed by atoms with van der Waals surface area (Å²) in [4.78, 5) is 21.3. The van der Waals surface area contributed by atoms with E-state index in [1.54, 1.807) is 13.8 Å². The van der Waals surface area contributed by atoms with Gasteiger partial charge < -0.3 is 10.1 Å². The van der Waals surface area contributed by atoms with Crippen LogP contribution in [0.15, 0.2) is 24.4 Å². The third kappa shape index (κ3) is 1.89. The molecule has 0 aliphatic rings. The van der Waals surface area contributed by atoms with Gasteiger partial charge >= 0.3 is 5.82 Å². The lowest BCUT2D eigenvalue weighted by Gasteiger charge is -2.00. The molecule has 0 saturated heterocycles. The summed E-state index contributed by atoms with van der Waals surface area (Å²) in [5.74, 6) is -0.174. The summed E-state index contributed by atoms with van der Waals surface area (Å²) >= 11 is 0. The molecule has 0 radical (unpaired) electrons. The van der Waals surface area contributed by atoms with Gasteiger partial charge in [0.05, 0.1) is 16.4 Å². The highest BCUT2D eigenvalue weighted by molar-refractivity contribution is 5.84. The first-order chi connectivity index (χ1) is 10.9. The lowest BCUT2D eigenvalue weighted by Crippen LogP contribution is -2.31. The van der Waals surface area contributed by atoms with Crippen molar-refractivity contribution < 1.29 is 14.4 Å². The van der Waals surface area contributed by atoms with Crippen LogP contribution in [0.3, 0.4) is 0 Å². The SMILES string of the molecule is Cc1c[n+]2c3cc([N+](=O)[O-])ccc3c(C#N)c(C)n2c1[N+](=O)[O-]. The Balaban J connectivity index is 2.64.